The first-order chi connectivity index (χ1) is 13.4. The molecule has 0 spiro atoms. The molecule has 4 unspecified atom stereocenters. The topological polar surface area (TPSA) is 35.5 Å². The van der Waals surface area contributed by atoms with Gasteiger partial charge in [0.25, 0.3) is 0 Å². The van der Waals surface area contributed by atoms with E-state index in [4.69, 9.17) is 9.47 Å². The SMILES string of the molecule is C=Cc1cc(I)c(OCCCC(=O)OC2(CC)CC(CC)C3CC3C2)c(I)c1. The lowest BCUT2D eigenvalue weighted by molar-refractivity contribution is -0.166. The minimum absolute atomic E-state index is 0.0641. The number of benzene rings is 1. The number of esters is 1. The van der Waals surface area contributed by atoms with Crippen molar-refractivity contribution >= 4 is 57.2 Å². The maximum Gasteiger partial charge on any atom is 0.306 e. The first-order valence-electron chi connectivity index (χ1n) is 10.4. The zero-order chi connectivity index (χ0) is 20.3. The molecule has 2 aliphatic rings. The number of hydrogen-bond donors (Lipinski definition) is 0. The smallest absolute Gasteiger partial charge is 0.306 e. The van der Waals surface area contributed by atoms with Crippen LogP contribution in [0.15, 0.2) is 18.7 Å². The molecule has 5 heteroatoms. The van der Waals surface area contributed by atoms with Gasteiger partial charge in [-0.05, 0) is 113 Å². The first kappa shape index (κ1) is 22.4. The number of rotatable bonds is 9. The number of carbonyl (C=O) groups excluding carboxylic acids is 1. The molecule has 3 rings (SSSR count). The van der Waals surface area contributed by atoms with Crippen molar-refractivity contribution in [3.63, 3.8) is 0 Å². The number of hydrogen-bond acceptors (Lipinski definition) is 3. The van der Waals surface area contributed by atoms with Crippen molar-refractivity contribution in [1.29, 1.82) is 0 Å². The standard InChI is InChI=1S/C23H30I2O3/c1-4-15-10-19(24)22(20(25)11-15)27-9-7-8-21(26)28-23(6-3)13-16(5-2)18-12-17(18)14-23/h4,10-11,16-18H,1,5-9,12-14H2,2-3H3. The summed E-state index contributed by atoms with van der Waals surface area (Å²) >= 11 is 4.57. The molecule has 3 nitrogen and oxygen atoms in total. The third kappa shape index (κ3) is 5.24. The average molecular weight is 608 g/mol. The normalized spacial score (nSPS) is 28.4. The highest BCUT2D eigenvalue weighted by molar-refractivity contribution is 14.1. The first-order valence-corrected chi connectivity index (χ1v) is 12.5. The summed E-state index contributed by atoms with van der Waals surface area (Å²) in [6.07, 6.45) is 8.53. The third-order valence-corrected chi connectivity index (χ3v) is 7.98. The minimum Gasteiger partial charge on any atom is -0.491 e. The Labute approximate surface area is 196 Å². The van der Waals surface area contributed by atoms with Gasteiger partial charge in [0.2, 0.25) is 0 Å². The minimum atomic E-state index is -0.221. The Hall–Kier alpha value is -0.310. The Kier molecular flexibility index (Phi) is 7.72. The van der Waals surface area contributed by atoms with Crippen LogP contribution in [0.5, 0.6) is 5.75 Å². The fourth-order valence-corrected chi connectivity index (χ4v) is 6.81. The summed E-state index contributed by atoms with van der Waals surface area (Å²) in [4.78, 5) is 12.5. The Bertz CT molecular complexity index is 710. The molecule has 4 atom stereocenters. The van der Waals surface area contributed by atoms with Crippen molar-refractivity contribution in [3.05, 3.63) is 31.4 Å². The maximum absolute atomic E-state index is 12.5. The van der Waals surface area contributed by atoms with Crippen LogP contribution in [0.4, 0.5) is 0 Å². The highest BCUT2D eigenvalue weighted by Gasteiger charge is 2.54. The van der Waals surface area contributed by atoms with E-state index in [1.54, 1.807) is 0 Å². The molecule has 2 fully saturated rings. The van der Waals surface area contributed by atoms with Crippen LogP contribution in [-0.4, -0.2) is 18.2 Å². The van der Waals surface area contributed by atoms with E-state index in [2.05, 4.69) is 77.7 Å². The number of carbonyl (C=O) groups is 1. The molecule has 0 bridgehead atoms. The molecule has 2 saturated carbocycles. The molecule has 1 aromatic rings. The van der Waals surface area contributed by atoms with Gasteiger partial charge in [0.1, 0.15) is 11.4 Å². The van der Waals surface area contributed by atoms with Gasteiger partial charge in [0.05, 0.1) is 13.7 Å². The second-order valence-electron chi connectivity index (χ2n) is 8.22. The lowest BCUT2D eigenvalue weighted by atomic mass is 9.75. The third-order valence-electron chi connectivity index (χ3n) is 6.38. The number of halogens is 2. The van der Waals surface area contributed by atoms with E-state index in [0.29, 0.717) is 19.4 Å². The molecule has 154 valence electrons. The van der Waals surface area contributed by atoms with Crippen molar-refractivity contribution in [2.24, 2.45) is 17.8 Å². The molecule has 0 heterocycles. The Morgan fingerprint density at radius 1 is 1.29 bits per heavy atom. The number of fused-ring (bicyclic) bond motifs is 1. The summed E-state index contributed by atoms with van der Waals surface area (Å²) in [5.74, 6) is 3.25. The van der Waals surface area contributed by atoms with Gasteiger partial charge in [-0.3, -0.25) is 4.79 Å². The summed E-state index contributed by atoms with van der Waals surface area (Å²) in [6.45, 7) is 8.78. The molecule has 0 amide bonds. The van der Waals surface area contributed by atoms with Crippen molar-refractivity contribution in [1.82, 2.24) is 0 Å². The van der Waals surface area contributed by atoms with Crippen LogP contribution < -0.4 is 4.74 Å². The number of ether oxygens (including phenoxy) is 2. The van der Waals surface area contributed by atoms with Gasteiger partial charge in [-0.25, -0.2) is 0 Å². The molecule has 2 aliphatic carbocycles. The summed E-state index contributed by atoms with van der Waals surface area (Å²) in [6, 6.07) is 4.12. The van der Waals surface area contributed by atoms with Crippen LogP contribution in [0.3, 0.4) is 0 Å². The fraction of sp³-hybridized carbons (Fsp3) is 0.609. The molecule has 0 radical (unpaired) electrons. The van der Waals surface area contributed by atoms with E-state index < -0.39 is 0 Å². The lowest BCUT2D eigenvalue weighted by Gasteiger charge is -2.39. The zero-order valence-corrected chi connectivity index (χ0v) is 21.1. The predicted molar refractivity (Wildman–Crippen MR) is 130 cm³/mol. The molecular formula is C23H30I2O3. The van der Waals surface area contributed by atoms with E-state index in [0.717, 1.165) is 55.5 Å². The van der Waals surface area contributed by atoms with Crippen LogP contribution in [-0.2, 0) is 9.53 Å². The molecule has 0 aromatic heterocycles. The van der Waals surface area contributed by atoms with Gasteiger partial charge < -0.3 is 9.47 Å². The van der Waals surface area contributed by atoms with Gasteiger partial charge in [-0.15, -0.1) is 0 Å². The molecule has 0 saturated heterocycles. The molecule has 28 heavy (non-hydrogen) atoms. The Morgan fingerprint density at radius 3 is 2.61 bits per heavy atom. The van der Waals surface area contributed by atoms with E-state index >= 15 is 0 Å². The maximum atomic E-state index is 12.5. The van der Waals surface area contributed by atoms with Crippen molar-refractivity contribution < 1.29 is 14.3 Å². The zero-order valence-electron chi connectivity index (χ0n) is 16.8. The van der Waals surface area contributed by atoms with Gasteiger partial charge in [0, 0.05) is 6.42 Å². The molecule has 0 aliphatic heterocycles. The fourth-order valence-electron chi connectivity index (χ4n) is 4.68. The summed E-state index contributed by atoms with van der Waals surface area (Å²) < 4.78 is 14.2. The monoisotopic (exact) mass is 608 g/mol. The Morgan fingerprint density at radius 2 is 2.00 bits per heavy atom. The van der Waals surface area contributed by atoms with Gasteiger partial charge >= 0.3 is 5.97 Å². The van der Waals surface area contributed by atoms with Crippen LogP contribution >= 0.6 is 45.2 Å². The molecule has 1 aromatic carbocycles. The highest BCUT2D eigenvalue weighted by Crippen LogP contribution is 2.58. The van der Waals surface area contributed by atoms with Crippen molar-refractivity contribution in [3.8, 4) is 5.75 Å². The quantitative estimate of drug-likeness (QED) is 0.175. The average Bonchev–Trinajstić information content (AvgIpc) is 3.45. The van der Waals surface area contributed by atoms with E-state index in [-0.39, 0.29) is 11.6 Å². The summed E-state index contributed by atoms with van der Waals surface area (Å²) in [5.41, 5.74) is 0.868. The molecule has 0 N–H and O–H groups in total. The van der Waals surface area contributed by atoms with E-state index in [9.17, 15) is 4.79 Å². The van der Waals surface area contributed by atoms with E-state index in [1.807, 2.05) is 6.08 Å². The van der Waals surface area contributed by atoms with Crippen LogP contribution in [0.2, 0.25) is 0 Å². The summed E-state index contributed by atoms with van der Waals surface area (Å²) in [5, 5.41) is 0. The summed E-state index contributed by atoms with van der Waals surface area (Å²) in [7, 11) is 0. The second-order valence-corrected chi connectivity index (χ2v) is 10.5. The lowest BCUT2D eigenvalue weighted by Crippen LogP contribution is -2.40. The highest BCUT2D eigenvalue weighted by atomic mass is 127. The van der Waals surface area contributed by atoms with Crippen LogP contribution in [0.1, 0.15) is 64.4 Å². The predicted octanol–water partition coefficient (Wildman–Crippen LogP) is 6.85. The largest absolute Gasteiger partial charge is 0.491 e. The van der Waals surface area contributed by atoms with Gasteiger partial charge in [-0.1, -0.05) is 32.9 Å². The Balaban J connectivity index is 1.47. The second kappa shape index (κ2) is 9.67. The van der Waals surface area contributed by atoms with Gasteiger partial charge in [0.15, 0.2) is 0 Å². The van der Waals surface area contributed by atoms with Crippen molar-refractivity contribution in [2.75, 3.05) is 6.61 Å². The van der Waals surface area contributed by atoms with Gasteiger partial charge in [-0.2, -0.15) is 0 Å². The van der Waals surface area contributed by atoms with Crippen molar-refractivity contribution in [2.45, 2.75) is 64.4 Å². The van der Waals surface area contributed by atoms with Crippen LogP contribution in [0, 0.1) is 24.9 Å². The van der Waals surface area contributed by atoms with Crippen LogP contribution in [0.25, 0.3) is 6.08 Å². The van der Waals surface area contributed by atoms with E-state index in [1.165, 1.54) is 12.8 Å². The molecular weight excluding hydrogens is 578 g/mol.